The Balaban J connectivity index is 2.13. The maximum atomic E-state index is 11.4. The summed E-state index contributed by atoms with van der Waals surface area (Å²) in [6, 6.07) is 7.84. The zero-order valence-electron chi connectivity index (χ0n) is 12.3. The number of methoxy groups -OCH3 is 1. The molecule has 2 rings (SSSR count). The first kappa shape index (κ1) is 15.5. The number of aliphatic hydroxyl groups is 1. The smallest absolute Gasteiger partial charge is 0.340 e. The number of hydrogen-bond acceptors (Lipinski definition) is 5. The highest BCUT2D eigenvalue weighted by atomic mass is 32.1. The van der Waals surface area contributed by atoms with Gasteiger partial charge >= 0.3 is 5.97 Å². The Morgan fingerprint density at radius 3 is 2.81 bits per heavy atom. The molecule has 0 spiro atoms. The highest BCUT2D eigenvalue weighted by Gasteiger charge is 2.22. The molecule has 0 saturated carbocycles. The topological polar surface area (TPSA) is 55.8 Å². The van der Waals surface area contributed by atoms with Gasteiger partial charge in [0.1, 0.15) is 12.4 Å². The molecule has 1 aromatic carbocycles. The number of benzene rings is 1. The third kappa shape index (κ3) is 3.62. The minimum atomic E-state index is -1.26. The summed E-state index contributed by atoms with van der Waals surface area (Å²) in [5.74, 6) is 0.144. The Morgan fingerprint density at radius 1 is 1.33 bits per heavy atom. The van der Waals surface area contributed by atoms with Gasteiger partial charge < -0.3 is 14.6 Å². The number of hydrogen-bond donors (Lipinski definition) is 1. The molecule has 1 heterocycles. The number of esters is 1. The molecule has 2 aromatic rings. The van der Waals surface area contributed by atoms with E-state index in [1.165, 1.54) is 18.4 Å². The van der Waals surface area contributed by atoms with E-state index < -0.39 is 12.1 Å². The molecule has 112 valence electrons. The lowest BCUT2D eigenvalue weighted by Gasteiger charge is -2.12. The lowest BCUT2D eigenvalue weighted by molar-refractivity contribution is -0.150. The van der Waals surface area contributed by atoms with Gasteiger partial charge in [0.15, 0.2) is 6.10 Å². The summed E-state index contributed by atoms with van der Waals surface area (Å²) in [6.45, 7) is 4.28. The quantitative estimate of drug-likeness (QED) is 0.862. The Morgan fingerprint density at radius 2 is 2.10 bits per heavy atom. The average molecular weight is 306 g/mol. The van der Waals surface area contributed by atoms with Crippen molar-refractivity contribution < 1.29 is 19.4 Å². The molecule has 4 nitrogen and oxygen atoms in total. The SMILES string of the molecule is COC(=O)C(O)c1sccc1COc1cc(C)ccc1C. The zero-order valence-corrected chi connectivity index (χ0v) is 13.1. The molecule has 5 heteroatoms. The van der Waals surface area contributed by atoms with Gasteiger partial charge in [-0.2, -0.15) is 0 Å². The molecule has 0 saturated heterocycles. The van der Waals surface area contributed by atoms with Crippen LogP contribution in [0.3, 0.4) is 0 Å². The number of carbonyl (C=O) groups is 1. The maximum absolute atomic E-state index is 11.4. The summed E-state index contributed by atoms with van der Waals surface area (Å²) in [5.41, 5.74) is 2.96. The van der Waals surface area contributed by atoms with Gasteiger partial charge in [0, 0.05) is 5.56 Å². The summed E-state index contributed by atoms with van der Waals surface area (Å²) < 4.78 is 10.4. The molecule has 1 N–H and O–H groups in total. The van der Waals surface area contributed by atoms with Crippen LogP contribution in [0.5, 0.6) is 5.75 Å². The summed E-state index contributed by atoms with van der Waals surface area (Å²) in [5, 5.41) is 11.8. The highest BCUT2D eigenvalue weighted by molar-refractivity contribution is 7.10. The minimum Gasteiger partial charge on any atom is -0.489 e. The second kappa shape index (κ2) is 6.74. The van der Waals surface area contributed by atoms with Crippen molar-refractivity contribution in [3.8, 4) is 5.75 Å². The number of aryl methyl sites for hydroxylation is 2. The van der Waals surface area contributed by atoms with Crippen molar-refractivity contribution in [3.63, 3.8) is 0 Å². The van der Waals surface area contributed by atoms with Crippen LogP contribution in [0.2, 0.25) is 0 Å². The molecule has 0 radical (unpaired) electrons. The first-order valence-corrected chi connectivity index (χ1v) is 7.43. The van der Waals surface area contributed by atoms with Gasteiger partial charge in [0.05, 0.1) is 12.0 Å². The van der Waals surface area contributed by atoms with E-state index in [4.69, 9.17) is 4.74 Å². The summed E-state index contributed by atoms with van der Waals surface area (Å²) in [7, 11) is 1.26. The molecule has 1 atom stereocenters. The van der Waals surface area contributed by atoms with Crippen LogP contribution in [0.1, 0.15) is 27.7 Å². The van der Waals surface area contributed by atoms with Gasteiger partial charge in [0.25, 0.3) is 0 Å². The van der Waals surface area contributed by atoms with Crippen LogP contribution in [0, 0.1) is 13.8 Å². The third-order valence-electron chi connectivity index (χ3n) is 3.18. The van der Waals surface area contributed by atoms with Crippen molar-refractivity contribution in [2.45, 2.75) is 26.6 Å². The monoisotopic (exact) mass is 306 g/mol. The fourth-order valence-electron chi connectivity index (χ4n) is 1.94. The van der Waals surface area contributed by atoms with Crippen molar-refractivity contribution in [1.29, 1.82) is 0 Å². The van der Waals surface area contributed by atoms with Crippen LogP contribution in [-0.2, 0) is 16.1 Å². The van der Waals surface area contributed by atoms with E-state index in [1.54, 1.807) is 0 Å². The Hall–Kier alpha value is -1.85. The summed E-state index contributed by atoms with van der Waals surface area (Å²) >= 11 is 1.31. The summed E-state index contributed by atoms with van der Waals surface area (Å²) in [6.07, 6.45) is -1.26. The second-order valence-electron chi connectivity index (χ2n) is 4.79. The average Bonchev–Trinajstić information content (AvgIpc) is 2.95. The molecule has 0 aliphatic rings. The van der Waals surface area contributed by atoms with Crippen LogP contribution in [-0.4, -0.2) is 18.2 Å². The van der Waals surface area contributed by atoms with Crippen LogP contribution in [0.15, 0.2) is 29.6 Å². The van der Waals surface area contributed by atoms with Crippen LogP contribution < -0.4 is 4.74 Å². The molecule has 0 fully saturated rings. The largest absolute Gasteiger partial charge is 0.489 e. The van der Waals surface area contributed by atoms with Crippen molar-refractivity contribution in [2.75, 3.05) is 7.11 Å². The minimum absolute atomic E-state index is 0.303. The van der Waals surface area contributed by atoms with Gasteiger partial charge in [-0.25, -0.2) is 4.79 Å². The molecule has 0 bridgehead atoms. The van der Waals surface area contributed by atoms with E-state index in [0.717, 1.165) is 22.4 Å². The van der Waals surface area contributed by atoms with E-state index in [1.807, 2.05) is 43.5 Å². The van der Waals surface area contributed by atoms with Crippen LogP contribution in [0.25, 0.3) is 0 Å². The molecule has 21 heavy (non-hydrogen) atoms. The molecular formula is C16H18O4S. The van der Waals surface area contributed by atoms with Gasteiger partial charge in [-0.3, -0.25) is 0 Å². The van der Waals surface area contributed by atoms with Gasteiger partial charge in [-0.05, 0) is 42.5 Å². The van der Waals surface area contributed by atoms with E-state index >= 15 is 0 Å². The molecule has 0 amide bonds. The maximum Gasteiger partial charge on any atom is 0.340 e. The lowest BCUT2D eigenvalue weighted by atomic mass is 10.1. The van der Waals surface area contributed by atoms with Gasteiger partial charge in [-0.1, -0.05) is 12.1 Å². The Bertz CT molecular complexity index is 633. The number of ether oxygens (including phenoxy) is 2. The van der Waals surface area contributed by atoms with Gasteiger partial charge in [-0.15, -0.1) is 11.3 Å². The first-order chi connectivity index (χ1) is 10.0. The fourth-order valence-corrected chi connectivity index (χ4v) is 2.83. The highest BCUT2D eigenvalue weighted by Crippen LogP contribution is 2.27. The molecule has 1 unspecified atom stereocenters. The summed E-state index contributed by atoms with van der Waals surface area (Å²) in [4.78, 5) is 12.0. The van der Waals surface area contributed by atoms with E-state index in [0.29, 0.717) is 11.5 Å². The normalized spacial score (nSPS) is 12.0. The second-order valence-corrected chi connectivity index (χ2v) is 5.74. The lowest BCUT2D eigenvalue weighted by Crippen LogP contribution is -2.14. The van der Waals surface area contributed by atoms with E-state index in [-0.39, 0.29) is 0 Å². The van der Waals surface area contributed by atoms with Crippen molar-refractivity contribution in [2.24, 2.45) is 0 Å². The number of rotatable bonds is 5. The van der Waals surface area contributed by atoms with Crippen molar-refractivity contribution >= 4 is 17.3 Å². The van der Waals surface area contributed by atoms with Crippen LogP contribution >= 0.6 is 11.3 Å². The predicted molar refractivity (Wildman–Crippen MR) is 81.5 cm³/mol. The van der Waals surface area contributed by atoms with E-state index in [2.05, 4.69) is 4.74 Å². The molecule has 1 aromatic heterocycles. The Kier molecular flexibility index (Phi) is 4.98. The standard InChI is InChI=1S/C16H18O4S/c1-10-4-5-11(2)13(8-10)20-9-12-6-7-21-15(12)14(17)16(18)19-3/h4-8,14,17H,9H2,1-3H3. The van der Waals surface area contributed by atoms with Gasteiger partial charge in [0.2, 0.25) is 0 Å². The third-order valence-corrected chi connectivity index (χ3v) is 4.19. The van der Waals surface area contributed by atoms with Crippen molar-refractivity contribution in [1.82, 2.24) is 0 Å². The molecule has 0 aliphatic carbocycles. The van der Waals surface area contributed by atoms with E-state index in [9.17, 15) is 9.90 Å². The number of thiophene rings is 1. The number of aliphatic hydroxyl groups excluding tert-OH is 1. The number of carbonyl (C=O) groups excluding carboxylic acids is 1. The fraction of sp³-hybridized carbons (Fsp3) is 0.312. The molecule has 0 aliphatic heterocycles. The molecular weight excluding hydrogens is 288 g/mol. The Labute approximate surface area is 128 Å². The van der Waals surface area contributed by atoms with Crippen molar-refractivity contribution in [3.05, 3.63) is 51.2 Å². The zero-order chi connectivity index (χ0) is 15.4. The first-order valence-electron chi connectivity index (χ1n) is 6.55. The predicted octanol–water partition coefficient (Wildman–Crippen LogP) is 3.15. The van der Waals surface area contributed by atoms with Crippen LogP contribution in [0.4, 0.5) is 0 Å².